The Balaban J connectivity index is 1.99. The molecule has 2 heterocycles. The molecule has 0 saturated carbocycles. The molecule has 0 spiro atoms. The molecule has 18 heavy (non-hydrogen) atoms. The molecule has 90 valence electrons. The molecule has 3 rings (SSSR count). The van der Waals surface area contributed by atoms with Gasteiger partial charge in [-0.05, 0) is 31.2 Å². The van der Waals surface area contributed by atoms with Crippen LogP contribution in [0.1, 0.15) is 13.3 Å². The van der Waals surface area contributed by atoms with Crippen LogP contribution in [0.25, 0.3) is 11.3 Å². The first kappa shape index (κ1) is 10.8. The molecule has 1 aromatic heterocycles. The van der Waals surface area contributed by atoms with E-state index in [0.29, 0.717) is 6.42 Å². The van der Waals surface area contributed by atoms with E-state index in [1.807, 2.05) is 43.3 Å². The highest BCUT2D eigenvalue weighted by Crippen LogP contribution is 2.27. The van der Waals surface area contributed by atoms with E-state index in [1.54, 1.807) is 6.26 Å². The Morgan fingerprint density at radius 1 is 1.28 bits per heavy atom. The normalized spacial score (nSPS) is 15.1. The van der Waals surface area contributed by atoms with Crippen molar-refractivity contribution < 1.29 is 9.21 Å². The lowest BCUT2D eigenvalue weighted by Gasteiger charge is -2.12. The average Bonchev–Trinajstić information content (AvgIpc) is 2.99. The number of carbonyl (C=O) groups excluding carboxylic acids is 1. The van der Waals surface area contributed by atoms with Gasteiger partial charge in [-0.15, -0.1) is 0 Å². The van der Waals surface area contributed by atoms with Crippen LogP contribution in [0.2, 0.25) is 0 Å². The minimum atomic E-state index is 0.00379. The number of benzene rings is 1. The van der Waals surface area contributed by atoms with Gasteiger partial charge in [0, 0.05) is 11.3 Å². The molecule has 0 aliphatic carbocycles. The Labute approximate surface area is 105 Å². The van der Waals surface area contributed by atoms with Crippen LogP contribution in [-0.2, 0) is 4.79 Å². The molecule has 4 nitrogen and oxygen atoms in total. The van der Waals surface area contributed by atoms with E-state index in [4.69, 9.17) is 4.42 Å². The first-order valence-corrected chi connectivity index (χ1v) is 5.75. The highest BCUT2D eigenvalue weighted by molar-refractivity contribution is 6.12. The van der Waals surface area contributed by atoms with Crippen molar-refractivity contribution in [2.24, 2.45) is 5.10 Å². The van der Waals surface area contributed by atoms with Crippen LogP contribution in [0.4, 0.5) is 5.69 Å². The Hall–Kier alpha value is -2.36. The molecule has 1 aliphatic rings. The van der Waals surface area contributed by atoms with Crippen molar-refractivity contribution in [1.82, 2.24) is 0 Å². The second-order valence-corrected chi connectivity index (χ2v) is 4.25. The number of nitrogens with zero attached hydrogens (tertiary/aromatic N) is 2. The Kier molecular flexibility index (Phi) is 2.48. The van der Waals surface area contributed by atoms with E-state index < -0.39 is 0 Å². The zero-order chi connectivity index (χ0) is 12.5. The maximum atomic E-state index is 11.8. The van der Waals surface area contributed by atoms with Gasteiger partial charge in [-0.2, -0.15) is 5.10 Å². The summed E-state index contributed by atoms with van der Waals surface area (Å²) < 4.78 is 5.35. The van der Waals surface area contributed by atoms with Crippen molar-refractivity contribution in [3.63, 3.8) is 0 Å². The van der Waals surface area contributed by atoms with Gasteiger partial charge in [0.05, 0.1) is 18.4 Å². The molecule has 0 saturated heterocycles. The van der Waals surface area contributed by atoms with Gasteiger partial charge in [0.15, 0.2) is 0 Å². The van der Waals surface area contributed by atoms with Crippen LogP contribution in [0, 0.1) is 0 Å². The second kappa shape index (κ2) is 4.14. The van der Waals surface area contributed by atoms with Crippen LogP contribution < -0.4 is 5.01 Å². The molecular formula is C14H12N2O2. The molecule has 2 aromatic rings. The topological polar surface area (TPSA) is 45.8 Å². The first-order chi connectivity index (χ1) is 8.74. The number of hydrazone groups is 1. The lowest BCUT2D eigenvalue weighted by Crippen LogP contribution is -2.19. The first-order valence-electron chi connectivity index (χ1n) is 5.75. The summed E-state index contributed by atoms with van der Waals surface area (Å²) in [5, 5.41) is 5.68. The molecule has 0 fully saturated rings. The van der Waals surface area contributed by atoms with Gasteiger partial charge in [0.2, 0.25) is 0 Å². The van der Waals surface area contributed by atoms with Crippen LogP contribution in [0.15, 0.2) is 52.2 Å². The summed E-state index contributed by atoms with van der Waals surface area (Å²) in [7, 11) is 0. The largest absolute Gasteiger partial charge is 0.464 e. The summed E-state index contributed by atoms with van der Waals surface area (Å²) in [6, 6.07) is 11.3. The monoisotopic (exact) mass is 240 g/mol. The van der Waals surface area contributed by atoms with Crippen molar-refractivity contribution in [3.05, 3.63) is 42.7 Å². The van der Waals surface area contributed by atoms with Gasteiger partial charge in [-0.3, -0.25) is 4.79 Å². The summed E-state index contributed by atoms with van der Waals surface area (Å²) in [4.78, 5) is 11.8. The zero-order valence-corrected chi connectivity index (χ0v) is 9.96. The van der Waals surface area contributed by atoms with Crippen molar-refractivity contribution in [2.75, 3.05) is 5.01 Å². The number of amides is 1. The summed E-state index contributed by atoms with van der Waals surface area (Å²) in [6.07, 6.45) is 2.02. The summed E-state index contributed by atoms with van der Waals surface area (Å²) in [6.45, 7) is 1.86. The molecular weight excluding hydrogens is 228 g/mol. The van der Waals surface area contributed by atoms with Gasteiger partial charge in [-0.25, -0.2) is 5.01 Å². The predicted molar refractivity (Wildman–Crippen MR) is 69.4 cm³/mol. The standard InChI is InChI=1S/C14H12N2O2/c1-10-8-14(17)16(15-10)12-5-2-4-11(9-12)13-6-3-7-18-13/h2-7,9H,8H2,1H3. The highest BCUT2D eigenvalue weighted by Gasteiger charge is 2.22. The van der Waals surface area contributed by atoms with Crippen LogP contribution in [0.3, 0.4) is 0 Å². The molecule has 1 amide bonds. The molecule has 1 aromatic carbocycles. The number of hydrogen-bond donors (Lipinski definition) is 0. The van der Waals surface area contributed by atoms with E-state index in [-0.39, 0.29) is 5.91 Å². The molecule has 0 radical (unpaired) electrons. The molecule has 0 bridgehead atoms. The Morgan fingerprint density at radius 2 is 2.17 bits per heavy atom. The van der Waals surface area contributed by atoms with E-state index in [1.165, 1.54) is 5.01 Å². The average molecular weight is 240 g/mol. The highest BCUT2D eigenvalue weighted by atomic mass is 16.3. The number of carbonyl (C=O) groups is 1. The smallest absolute Gasteiger partial charge is 0.253 e. The fourth-order valence-corrected chi connectivity index (χ4v) is 1.99. The van der Waals surface area contributed by atoms with Crippen molar-refractivity contribution >= 4 is 17.3 Å². The fraction of sp³-hybridized carbons (Fsp3) is 0.143. The van der Waals surface area contributed by atoms with Crippen LogP contribution in [-0.4, -0.2) is 11.6 Å². The summed E-state index contributed by atoms with van der Waals surface area (Å²) in [5.74, 6) is 0.785. The maximum absolute atomic E-state index is 11.8. The van der Waals surface area contributed by atoms with Crippen LogP contribution >= 0.6 is 0 Å². The minimum absolute atomic E-state index is 0.00379. The van der Waals surface area contributed by atoms with E-state index in [0.717, 1.165) is 22.7 Å². The number of rotatable bonds is 2. The lowest BCUT2D eigenvalue weighted by atomic mass is 10.1. The third-order valence-electron chi connectivity index (χ3n) is 2.81. The van der Waals surface area contributed by atoms with Crippen molar-refractivity contribution in [3.8, 4) is 11.3 Å². The maximum Gasteiger partial charge on any atom is 0.253 e. The second-order valence-electron chi connectivity index (χ2n) is 4.25. The van der Waals surface area contributed by atoms with Gasteiger partial charge < -0.3 is 4.42 Å². The molecule has 1 aliphatic heterocycles. The molecule has 4 heteroatoms. The van der Waals surface area contributed by atoms with Crippen LogP contribution in [0.5, 0.6) is 0 Å². The van der Waals surface area contributed by atoms with Crippen molar-refractivity contribution in [2.45, 2.75) is 13.3 Å². The van der Waals surface area contributed by atoms with Gasteiger partial charge in [0.1, 0.15) is 5.76 Å². The molecule has 0 N–H and O–H groups in total. The quantitative estimate of drug-likeness (QED) is 0.809. The minimum Gasteiger partial charge on any atom is -0.464 e. The van der Waals surface area contributed by atoms with Crippen molar-refractivity contribution in [1.29, 1.82) is 0 Å². The van der Waals surface area contributed by atoms with Gasteiger partial charge in [-0.1, -0.05) is 12.1 Å². The predicted octanol–water partition coefficient (Wildman–Crippen LogP) is 3.06. The Morgan fingerprint density at radius 3 is 2.83 bits per heavy atom. The lowest BCUT2D eigenvalue weighted by molar-refractivity contribution is -0.116. The number of anilines is 1. The third kappa shape index (κ3) is 1.82. The SMILES string of the molecule is CC1=NN(c2cccc(-c3ccco3)c2)C(=O)C1. The number of hydrogen-bond acceptors (Lipinski definition) is 3. The third-order valence-corrected chi connectivity index (χ3v) is 2.81. The summed E-state index contributed by atoms with van der Waals surface area (Å²) in [5.41, 5.74) is 2.54. The summed E-state index contributed by atoms with van der Waals surface area (Å²) >= 11 is 0. The molecule has 0 unspecified atom stereocenters. The van der Waals surface area contributed by atoms with Gasteiger partial charge >= 0.3 is 0 Å². The van der Waals surface area contributed by atoms with E-state index in [9.17, 15) is 4.79 Å². The molecule has 0 atom stereocenters. The zero-order valence-electron chi connectivity index (χ0n) is 9.96. The number of furan rings is 1. The van der Waals surface area contributed by atoms with E-state index in [2.05, 4.69) is 5.10 Å². The van der Waals surface area contributed by atoms with E-state index >= 15 is 0 Å². The Bertz CT molecular complexity index is 614. The fourth-order valence-electron chi connectivity index (χ4n) is 1.99. The van der Waals surface area contributed by atoms with Gasteiger partial charge in [0.25, 0.3) is 5.91 Å².